The molecule has 2 atom stereocenters. The summed E-state index contributed by atoms with van der Waals surface area (Å²) in [5.74, 6) is 6.45. The van der Waals surface area contributed by atoms with E-state index in [-0.39, 0.29) is 0 Å². The molecular weight excluding hydrogens is 312 g/mol. The van der Waals surface area contributed by atoms with Gasteiger partial charge in [-0.1, -0.05) is 108 Å². The zero-order valence-corrected chi connectivity index (χ0v) is 17.3. The van der Waals surface area contributed by atoms with Crippen molar-refractivity contribution in [1.29, 1.82) is 0 Å². The van der Waals surface area contributed by atoms with Gasteiger partial charge in [0.15, 0.2) is 0 Å². The van der Waals surface area contributed by atoms with Crippen molar-refractivity contribution in [2.24, 2.45) is 35.5 Å². The fraction of sp³-hybridized carbons (Fsp3) is 0.923. The minimum Gasteiger partial charge on any atom is -0.0885 e. The van der Waals surface area contributed by atoms with Crippen LogP contribution in [0.2, 0.25) is 0 Å². The minimum absolute atomic E-state index is 1.02. The van der Waals surface area contributed by atoms with Gasteiger partial charge in [0.2, 0.25) is 0 Å². The van der Waals surface area contributed by atoms with E-state index in [2.05, 4.69) is 12.2 Å². The van der Waals surface area contributed by atoms with Gasteiger partial charge in [-0.3, -0.25) is 0 Å². The monoisotopic (exact) mass is 356 g/mol. The van der Waals surface area contributed by atoms with Crippen LogP contribution in [0, 0.1) is 35.5 Å². The first-order chi connectivity index (χ1) is 12.9. The average Bonchev–Trinajstić information content (AvgIpc) is 2.74. The van der Waals surface area contributed by atoms with Crippen LogP contribution in [-0.4, -0.2) is 0 Å². The summed E-state index contributed by atoms with van der Waals surface area (Å²) in [6.45, 7) is 0. The highest BCUT2D eigenvalue weighted by molar-refractivity contribution is 4.98. The van der Waals surface area contributed by atoms with Crippen molar-refractivity contribution >= 4 is 0 Å². The molecule has 2 unspecified atom stereocenters. The molecule has 26 heavy (non-hydrogen) atoms. The largest absolute Gasteiger partial charge is 0.0885 e. The zero-order valence-electron chi connectivity index (χ0n) is 17.3. The third-order valence-electron chi connectivity index (χ3n) is 8.88. The van der Waals surface area contributed by atoms with Gasteiger partial charge >= 0.3 is 0 Å². The molecule has 3 fully saturated rings. The summed E-state index contributed by atoms with van der Waals surface area (Å²) < 4.78 is 0. The van der Waals surface area contributed by atoms with E-state index in [1.807, 2.05) is 0 Å². The maximum Gasteiger partial charge on any atom is -0.0319 e. The Morgan fingerprint density at radius 2 is 0.846 bits per heavy atom. The highest BCUT2D eigenvalue weighted by atomic mass is 14.5. The molecule has 4 aliphatic carbocycles. The summed E-state index contributed by atoms with van der Waals surface area (Å²) in [4.78, 5) is 0. The molecule has 0 aromatic heterocycles. The topological polar surface area (TPSA) is 0 Å². The van der Waals surface area contributed by atoms with Crippen molar-refractivity contribution in [1.82, 2.24) is 0 Å². The third kappa shape index (κ3) is 4.59. The summed E-state index contributed by atoms with van der Waals surface area (Å²) in [7, 11) is 0. The van der Waals surface area contributed by atoms with Crippen LogP contribution >= 0.6 is 0 Å². The first-order valence-electron chi connectivity index (χ1n) is 12.6. The van der Waals surface area contributed by atoms with Gasteiger partial charge in [0.25, 0.3) is 0 Å². The van der Waals surface area contributed by atoms with Crippen LogP contribution in [-0.2, 0) is 0 Å². The normalized spacial score (nSPS) is 31.3. The van der Waals surface area contributed by atoms with Crippen molar-refractivity contribution in [3.05, 3.63) is 12.2 Å². The van der Waals surface area contributed by atoms with E-state index in [1.54, 1.807) is 38.5 Å². The summed E-state index contributed by atoms with van der Waals surface area (Å²) in [5.41, 5.74) is 0. The maximum atomic E-state index is 2.56. The van der Waals surface area contributed by atoms with E-state index >= 15 is 0 Å². The van der Waals surface area contributed by atoms with Crippen molar-refractivity contribution in [3.8, 4) is 0 Å². The number of hydrogen-bond acceptors (Lipinski definition) is 0. The van der Waals surface area contributed by atoms with Crippen molar-refractivity contribution < 1.29 is 0 Å². The fourth-order valence-electron chi connectivity index (χ4n) is 7.75. The van der Waals surface area contributed by atoms with Gasteiger partial charge in [-0.2, -0.15) is 0 Å². The van der Waals surface area contributed by atoms with E-state index in [1.165, 1.54) is 77.0 Å². The molecule has 0 N–H and O–H groups in total. The molecule has 0 saturated heterocycles. The minimum atomic E-state index is 1.02. The van der Waals surface area contributed by atoms with Gasteiger partial charge in [0, 0.05) is 0 Å². The van der Waals surface area contributed by atoms with Crippen LogP contribution in [0.3, 0.4) is 0 Å². The zero-order chi connectivity index (χ0) is 17.6. The molecule has 0 aromatic rings. The Morgan fingerprint density at radius 3 is 1.23 bits per heavy atom. The summed E-state index contributed by atoms with van der Waals surface area (Å²) in [6, 6.07) is 0. The molecule has 3 saturated carbocycles. The second-order valence-electron chi connectivity index (χ2n) is 10.4. The molecule has 0 bridgehead atoms. The molecule has 0 heterocycles. The van der Waals surface area contributed by atoms with Gasteiger partial charge in [-0.25, -0.2) is 0 Å². The predicted octanol–water partition coefficient (Wildman–Crippen LogP) is 8.32. The van der Waals surface area contributed by atoms with E-state index in [9.17, 15) is 0 Å². The van der Waals surface area contributed by atoms with Gasteiger partial charge in [-0.05, 0) is 54.8 Å². The smallest absolute Gasteiger partial charge is 0.0319 e. The summed E-state index contributed by atoms with van der Waals surface area (Å²) in [5, 5.41) is 0. The molecule has 0 heteroatoms. The second kappa shape index (κ2) is 9.79. The number of rotatable bonds is 5. The summed E-state index contributed by atoms with van der Waals surface area (Å²) in [6.07, 6.45) is 32.6. The molecule has 0 amide bonds. The molecule has 0 aromatic carbocycles. The first-order valence-corrected chi connectivity index (χ1v) is 12.6. The number of allylic oxidation sites excluding steroid dienone is 2. The first kappa shape index (κ1) is 19.1. The Morgan fingerprint density at radius 1 is 0.423 bits per heavy atom. The lowest BCUT2D eigenvalue weighted by molar-refractivity contribution is 0.00690. The van der Waals surface area contributed by atoms with E-state index in [0.29, 0.717) is 0 Å². The van der Waals surface area contributed by atoms with E-state index < -0.39 is 0 Å². The van der Waals surface area contributed by atoms with Gasteiger partial charge in [0.05, 0.1) is 0 Å². The lowest BCUT2D eigenvalue weighted by Gasteiger charge is -2.49. The average molecular weight is 357 g/mol. The molecule has 0 radical (unpaired) electrons. The highest BCUT2D eigenvalue weighted by Gasteiger charge is 2.43. The lowest BCUT2D eigenvalue weighted by Crippen LogP contribution is -2.41. The molecule has 0 spiro atoms. The second-order valence-corrected chi connectivity index (χ2v) is 10.4. The van der Waals surface area contributed by atoms with Crippen LogP contribution in [0.25, 0.3) is 0 Å². The fourth-order valence-corrected chi connectivity index (χ4v) is 7.75. The lowest BCUT2D eigenvalue weighted by atomic mass is 9.56. The maximum absolute atomic E-state index is 2.56. The molecule has 0 aliphatic heterocycles. The van der Waals surface area contributed by atoms with Gasteiger partial charge in [-0.15, -0.1) is 0 Å². The molecular formula is C26H44. The van der Waals surface area contributed by atoms with Gasteiger partial charge < -0.3 is 0 Å². The Balaban J connectivity index is 1.60. The molecule has 0 nitrogen and oxygen atoms in total. The van der Waals surface area contributed by atoms with Crippen molar-refractivity contribution in [2.75, 3.05) is 0 Å². The highest BCUT2D eigenvalue weighted by Crippen LogP contribution is 2.52. The van der Waals surface area contributed by atoms with Crippen molar-refractivity contribution in [3.63, 3.8) is 0 Å². The number of hydrogen-bond donors (Lipinski definition) is 0. The standard InChI is InChI=1S/C26H44/c1-5-13-21(14-6-1)25(22-15-7-2-8-16-22)26(23-17-9-3-10-18-23)24-19-11-4-12-20-24/h1,5,21-26H,2-4,6-20H2. The van der Waals surface area contributed by atoms with Gasteiger partial charge in [0.1, 0.15) is 0 Å². The molecule has 4 aliphatic rings. The SMILES string of the molecule is C1=CCC(C(C2CCCCC2)C(C2CCCCC2)C2CCCCC2)CC1. The Hall–Kier alpha value is -0.260. The Kier molecular flexibility index (Phi) is 7.18. The van der Waals surface area contributed by atoms with Crippen LogP contribution in [0.5, 0.6) is 0 Å². The van der Waals surface area contributed by atoms with E-state index in [4.69, 9.17) is 0 Å². The van der Waals surface area contributed by atoms with Crippen LogP contribution < -0.4 is 0 Å². The van der Waals surface area contributed by atoms with Crippen LogP contribution in [0.15, 0.2) is 12.2 Å². The predicted molar refractivity (Wildman–Crippen MR) is 113 cm³/mol. The summed E-state index contributed by atoms with van der Waals surface area (Å²) >= 11 is 0. The Bertz CT molecular complexity index is 399. The van der Waals surface area contributed by atoms with E-state index in [0.717, 1.165) is 35.5 Å². The van der Waals surface area contributed by atoms with Crippen molar-refractivity contribution in [2.45, 2.75) is 116 Å². The van der Waals surface area contributed by atoms with Crippen LogP contribution in [0.1, 0.15) is 116 Å². The third-order valence-corrected chi connectivity index (χ3v) is 8.88. The molecule has 148 valence electrons. The van der Waals surface area contributed by atoms with Crippen LogP contribution in [0.4, 0.5) is 0 Å². The Labute approximate surface area is 163 Å². The molecule has 4 rings (SSSR count). The quantitative estimate of drug-likeness (QED) is 0.434.